The fourth-order valence-corrected chi connectivity index (χ4v) is 2.99. The van der Waals surface area contributed by atoms with Crippen molar-refractivity contribution < 1.29 is 9.13 Å². The second kappa shape index (κ2) is 9.31. The molecule has 0 saturated carbocycles. The average molecular weight is 404 g/mol. The van der Waals surface area contributed by atoms with Gasteiger partial charge in [0, 0.05) is 24.7 Å². The van der Waals surface area contributed by atoms with Gasteiger partial charge in [-0.05, 0) is 66.5 Å². The van der Waals surface area contributed by atoms with Gasteiger partial charge in [0.1, 0.15) is 29.2 Å². The Labute approximate surface area is 176 Å². The molecule has 0 aliphatic rings. The van der Waals surface area contributed by atoms with E-state index in [9.17, 15) is 4.39 Å². The summed E-state index contributed by atoms with van der Waals surface area (Å²) in [6.07, 6.45) is 5.34. The monoisotopic (exact) mass is 404 g/mol. The number of nitrogens with one attached hydrogen (secondary N) is 1. The lowest BCUT2D eigenvalue weighted by molar-refractivity contribution is 0.419. The molecule has 30 heavy (non-hydrogen) atoms. The first kappa shape index (κ1) is 21.2. The predicted molar refractivity (Wildman–Crippen MR) is 122 cm³/mol. The third-order valence-corrected chi connectivity index (χ3v) is 4.81. The summed E-state index contributed by atoms with van der Waals surface area (Å²) in [4.78, 5) is 12.9. The number of anilines is 1. The summed E-state index contributed by atoms with van der Waals surface area (Å²) in [5.41, 5.74) is 4.89. The average Bonchev–Trinajstić information content (AvgIpc) is 2.76. The summed E-state index contributed by atoms with van der Waals surface area (Å²) in [6.45, 7) is 8.26. The van der Waals surface area contributed by atoms with E-state index >= 15 is 0 Å². The van der Waals surface area contributed by atoms with Gasteiger partial charge in [-0.3, -0.25) is 4.99 Å². The molecule has 154 valence electrons. The zero-order chi connectivity index (χ0) is 21.7. The van der Waals surface area contributed by atoms with Gasteiger partial charge in [0.15, 0.2) is 0 Å². The number of hydrogen-bond donors (Lipinski definition) is 1. The molecule has 0 aliphatic carbocycles. The third-order valence-electron chi connectivity index (χ3n) is 4.81. The lowest BCUT2D eigenvalue weighted by Gasteiger charge is -2.13. The molecule has 1 N–H and O–H groups in total. The molecule has 6 heteroatoms. The number of allylic oxidation sites excluding steroid dienone is 1. The van der Waals surface area contributed by atoms with Gasteiger partial charge < -0.3 is 10.1 Å². The van der Waals surface area contributed by atoms with Crippen LogP contribution in [0.5, 0.6) is 5.75 Å². The van der Waals surface area contributed by atoms with Crippen LogP contribution in [0.4, 0.5) is 10.2 Å². The van der Waals surface area contributed by atoms with Crippen LogP contribution in [0.1, 0.15) is 12.5 Å². The Hall–Kier alpha value is -3.54. The molecule has 0 saturated heterocycles. The Bertz CT molecular complexity index is 1150. The first-order valence-electron chi connectivity index (χ1n) is 9.55. The van der Waals surface area contributed by atoms with Crippen molar-refractivity contribution in [2.45, 2.75) is 13.8 Å². The smallest absolute Gasteiger partial charge is 0.145 e. The molecule has 0 amide bonds. The number of aliphatic imine (C=N–C) groups is 1. The Kier molecular flexibility index (Phi) is 6.57. The number of rotatable bonds is 7. The van der Waals surface area contributed by atoms with E-state index in [0.29, 0.717) is 29.2 Å². The maximum absolute atomic E-state index is 13.7. The highest BCUT2D eigenvalue weighted by Gasteiger charge is 2.12. The molecular weight excluding hydrogens is 379 g/mol. The fourth-order valence-electron chi connectivity index (χ4n) is 2.99. The number of ether oxygens (including phenoxy) is 1. The van der Waals surface area contributed by atoms with Crippen molar-refractivity contribution in [2.75, 3.05) is 26.0 Å². The molecule has 1 aromatic heterocycles. The molecule has 0 atom stereocenters. The molecule has 1 heterocycles. The highest BCUT2D eigenvalue weighted by Crippen LogP contribution is 2.34. The zero-order valence-corrected chi connectivity index (χ0v) is 17.7. The van der Waals surface area contributed by atoms with Gasteiger partial charge in [-0.2, -0.15) is 0 Å². The number of aromatic nitrogens is 2. The first-order valence-corrected chi connectivity index (χ1v) is 9.55. The molecule has 3 aromatic rings. The highest BCUT2D eigenvalue weighted by molar-refractivity contribution is 5.96. The van der Waals surface area contributed by atoms with Gasteiger partial charge in [0.2, 0.25) is 0 Å². The van der Waals surface area contributed by atoms with Gasteiger partial charge in [0.25, 0.3) is 0 Å². The Balaban J connectivity index is 1.98. The van der Waals surface area contributed by atoms with Gasteiger partial charge >= 0.3 is 0 Å². The lowest BCUT2D eigenvalue weighted by atomic mass is 10.0. The minimum absolute atomic E-state index is 0.230. The van der Waals surface area contributed by atoms with Crippen LogP contribution in [0.3, 0.4) is 0 Å². The summed E-state index contributed by atoms with van der Waals surface area (Å²) in [5.74, 6) is 1.07. The lowest BCUT2D eigenvalue weighted by Crippen LogP contribution is -2.06. The molecule has 0 fully saturated rings. The quantitative estimate of drug-likeness (QED) is 0.425. The highest BCUT2D eigenvalue weighted by atomic mass is 19.1. The Morgan fingerprint density at radius 2 is 2.00 bits per heavy atom. The van der Waals surface area contributed by atoms with E-state index in [1.54, 1.807) is 27.1 Å². The molecule has 0 unspecified atom stereocenters. The second-order valence-electron chi connectivity index (χ2n) is 6.97. The molecular formula is C24H25FN4O. The maximum atomic E-state index is 13.7. The van der Waals surface area contributed by atoms with Gasteiger partial charge in [-0.15, -0.1) is 0 Å². The van der Waals surface area contributed by atoms with Crippen molar-refractivity contribution in [1.29, 1.82) is 0 Å². The first-order chi connectivity index (χ1) is 14.4. The SMILES string of the molecule is C=C(/C=C\C(C)=N/C)CNc1ncnc2c(OC)cc(-c3ccc(F)c(C)c3)cc12. The van der Waals surface area contributed by atoms with Crippen molar-refractivity contribution in [3.05, 3.63) is 72.3 Å². The summed E-state index contributed by atoms with van der Waals surface area (Å²) < 4.78 is 19.3. The minimum atomic E-state index is -0.230. The minimum Gasteiger partial charge on any atom is -0.494 e. The second-order valence-corrected chi connectivity index (χ2v) is 6.97. The van der Waals surface area contributed by atoms with E-state index in [1.807, 2.05) is 37.3 Å². The standard InChI is InChI=1S/C24H25FN4O/c1-15(6-7-17(3)26-4)13-27-24-20-11-19(18-8-9-21(25)16(2)10-18)12-22(30-5)23(20)28-14-29-24/h6-12,14H,1,13H2,2-5H3,(H,27,28,29)/b7-6-,26-17-. The number of hydrogen-bond acceptors (Lipinski definition) is 5. The molecule has 2 aromatic carbocycles. The molecule has 5 nitrogen and oxygen atoms in total. The third kappa shape index (κ3) is 4.71. The number of fused-ring (bicyclic) bond motifs is 1. The number of halogens is 1. The van der Waals surface area contributed by atoms with Crippen molar-refractivity contribution >= 4 is 22.4 Å². The van der Waals surface area contributed by atoms with E-state index in [2.05, 4.69) is 26.9 Å². The van der Waals surface area contributed by atoms with Crippen molar-refractivity contribution in [3.8, 4) is 16.9 Å². The van der Waals surface area contributed by atoms with Crippen LogP contribution in [0.2, 0.25) is 0 Å². The van der Waals surface area contributed by atoms with Gasteiger partial charge in [0.05, 0.1) is 7.11 Å². The summed E-state index contributed by atoms with van der Waals surface area (Å²) in [6, 6.07) is 8.93. The zero-order valence-electron chi connectivity index (χ0n) is 17.7. The summed E-state index contributed by atoms with van der Waals surface area (Å²) >= 11 is 0. The molecule has 0 radical (unpaired) electrons. The van der Waals surface area contributed by atoms with Gasteiger partial charge in [-0.1, -0.05) is 18.7 Å². The van der Waals surface area contributed by atoms with Crippen LogP contribution in [0, 0.1) is 12.7 Å². The molecule has 0 spiro atoms. The van der Waals surface area contributed by atoms with E-state index < -0.39 is 0 Å². The van der Waals surface area contributed by atoms with E-state index in [4.69, 9.17) is 4.74 Å². The topological polar surface area (TPSA) is 59.4 Å². The van der Waals surface area contributed by atoms with E-state index in [0.717, 1.165) is 27.8 Å². The van der Waals surface area contributed by atoms with Gasteiger partial charge in [-0.25, -0.2) is 14.4 Å². The Morgan fingerprint density at radius 1 is 1.20 bits per heavy atom. The normalized spacial score (nSPS) is 11.8. The van der Waals surface area contributed by atoms with Crippen LogP contribution >= 0.6 is 0 Å². The van der Waals surface area contributed by atoms with Crippen molar-refractivity contribution in [2.24, 2.45) is 4.99 Å². The van der Waals surface area contributed by atoms with Crippen molar-refractivity contribution in [1.82, 2.24) is 9.97 Å². The Morgan fingerprint density at radius 3 is 2.70 bits per heavy atom. The number of methoxy groups -OCH3 is 1. The fraction of sp³-hybridized carbons (Fsp3) is 0.208. The van der Waals surface area contributed by atoms with Crippen molar-refractivity contribution in [3.63, 3.8) is 0 Å². The molecule has 3 rings (SSSR count). The summed E-state index contributed by atoms with van der Waals surface area (Å²) in [5, 5.41) is 4.14. The van der Waals surface area contributed by atoms with Crippen LogP contribution in [-0.2, 0) is 0 Å². The predicted octanol–water partition coefficient (Wildman–Crippen LogP) is 5.37. The van der Waals surface area contributed by atoms with Crippen LogP contribution in [0.25, 0.3) is 22.0 Å². The van der Waals surface area contributed by atoms with E-state index in [-0.39, 0.29) is 5.82 Å². The van der Waals surface area contributed by atoms with E-state index in [1.165, 1.54) is 12.4 Å². The van der Waals surface area contributed by atoms with Crippen LogP contribution in [0.15, 0.2) is 66.0 Å². The summed E-state index contributed by atoms with van der Waals surface area (Å²) in [7, 11) is 3.36. The number of aryl methyl sites for hydroxylation is 1. The largest absolute Gasteiger partial charge is 0.494 e. The number of nitrogens with zero attached hydrogens (tertiary/aromatic N) is 3. The number of benzene rings is 2. The van der Waals surface area contributed by atoms with Crippen LogP contribution in [-0.4, -0.2) is 36.4 Å². The van der Waals surface area contributed by atoms with Crippen LogP contribution < -0.4 is 10.1 Å². The molecule has 0 aliphatic heterocycles. The molecule has 0 bridgehead atoms. The maximum Gasteiger partial charge on any atom is 0.145 e.